The van der Waals surface area contributed by atoms with Gasteiger partial charge in [-0.3, -0.25) is 0 Å². The van der Waals surface area contributed by atoms with E-state index in [1.807, 2.05) is 24.3 Å². The average molecular weight is 354 g/mol. The summed E-state index contributed by atoms with van der Waals surface area (Å²) in [6.07, 6.45) is 3.71. The lowest BCUT2D eigenvalue weighted by atomic mass is 10.1. The van der Waals surface area contributed by atoms with Crippen molar-refractivity contribution in [3.8, 4) is 17.9 Å². The molecule has 0 amide bonds. The molecule has 0 saturated carbocycles. The van der Waals surface area contributed by atoms with Gasteiger partial charge in [-0.2, -0.15) is 5.26 Å². The van der Waals surface area contributed by atoms with Gasteiger partial charge in [0.2, 0.25) is 0 Å². The summed E-state index contributed by atoms with van der Waals surface area (Å²) in [6, 6.07) is 9.86. The Morgan fingerprint density at radius 2 is 1.36 bits per heavy atom. The third-order valence-corrected chi connectivity index (χ3v) is 13.5. The van der Waals surface area contributed by atoms with E-state index >= 15 is 0 Å². The van der Waals surface area contributed by atoms with Crippen LogP contribution in [0.1, 0.15) is 78.9 Å². The second kappa shape index (κ2) is 9.84. The number of rotatable bonds is 7. The molecule has 1 aromatic carbocycles. The van der Waals surface area contributed by atoms with Gasteiger partial charge in [-0.1, -0.05) is 73.1 Å². The molecule has 0 N–H and O–H groups in total. The smallest absolute Gasteiger partial charge is 0.0991 e. The van der Waals surface area contributed by atoms with E-state index in [-0.39, 0.29) is 0 Å². The topological polar surface area (TPSA) is 23.8 Å². The van der Waals surface area contributed by atoms with Gasteiger partial charge in [-0.15, -0.1) is 0 Å². The third-order valence-electron chi connectivity index (χ3n) is 5.85. The van der Waals surface area contributed by atoms with E-state index in [1.54, 1.807) is 0 Å². The number of nitriles is 1. The third kappa shape index (κ3) is 4.99. The van der Waals surface area contributed by atoms with E-state index in [4.69, 9.17) is 5.26 Å². The first-order valence-electron chi connectivity index (χ1n) is 9.82. The molecule has 0 aliphatic heterocycles. The van der Waals surface area contributed by atoms with Crippen LogP contribution in [0.2, 0.25) is 22.2 Å². The number of hydrogen-bond acceptors (Lipinski definition) is 1. The van der Waals surface area contributed by atoms with E-state index in [9.17, 15) is 0 Å². The Bertz CT molecular complexity index is 601. The lowest BCUT2D eigenvalue weighted by Crippen LogP contribution is -2.48. The van der Waals surface area contributed by atoms with E-state index in [1.165, 1.54) is 19.3 Å². The quantitative estimate of drug-likeness (QED) is 0.377. The summed E-state index contributed by atoms with van der Waals surface area (Å²) in [5.74, 6) is 7.17. The van der Waals surface area contributed by atoms with Gasteiger partial charge in [0.25, 0.3) is 0 Å². The van der Waals surface area contributed by atoms with Crippen LogP contribution in [0.4, 0.5) is 0 Å². The van der Waals surface area contributed by atoms with Gasteiger partial charge in [-0.05, 0) is 47.3 Å². The highest BCUT2D eigenvalue weighted by atomic mass is 28.3. The Balaban J connectivity index is 3.31. The van der Waals surface area contributed by atoms with Gasteiger partial charge in [0.15, 0.2) is 0 Å². The summed E-state index contributed by atoms with van der Waals surface area (Å²) in [7, 11) is -1.59. The fourth-order valence-electron chi connectivity index (χ4n) is 4.86. The molecular weight excluding hydrogens is 318 g/mol. The van der Waals surface area contributed by atoms with E-state index < -0.39 is 8.07 Å². The predicted molar refractivity (Wildman–Crippen MR) is 112 cm³/mol. The first-order chi connectivity index (χ1) is 11.8. The van der Waals surface area contributed by atoms with Gasteiger partial charge in [0.05, 0.1) is 19.7 Å². The van der Waals surface area contributed by atoms with Gasteiger partial charge < -0.3 is 0 Å². The van der Waals surface area contributed by atoms with Crippen molar-refractivity contribution in [3.05, 3.63) is 35.4 Å². The minimum absolute atomic E-state index is 0.531. The maximum atomic E-state index is 8.95. The average Bonchev–Trinajstić information content (AvgIpc) is 2.56. The molecule has 0 fully saturated rings. The molecule has 2 heteroatoms. The number of hydrogen-bond donors (Lipinski definition) is 0. The zero-order valence-corrected chi connectivity index (χ0v) is 18.2. The fraction of sp³-hybridized carbons (Fsp3) is 0.609. The molecule has 0 aliphatic rings. The van der Waals surface area contributed by atoms with Crippen molar-refractivity contribution in [2.75, 3.05) is 0 Å². The second-order valence-corrected chi connectivity index (χ2v) is 14.3. The van der Waals surface area contributed by atoms with Crippen molar-refractivity contribution in [2.45, 2.75) is 89.9 Å². The molecule has 136 valence electrons. The van der Waals surface area contributed by atoms with Crippen molar-refractivity contribution in [1.82, 2.24) is 0 Å². The molecule has 25 heavy (non-hydrogen) atoms. The number of unbranched alkanes of at least 4 members (excludes halogenated alkanes) is 1. The van der Waals surface area contributed by atoms with Crippen LogP contribution in [-0.4, -0.2) is 8.07 Å². The summed E-state index contributed by atoms with van der Waals surface area (Å²) in [6.45, 7) is 16.8. The standard InChI is InChI=1S/C23H35NSi/c1-8-9-10-23(25(18(2)3,19(4)5)20(6)7)16-15-21-11-13-22(17-24)14-12-21/h11-14,18-20,23H,8-10H2,1-7H3. The summed E-state index contributed by atoms with van der Waals surface area (Å²) in [4.78, 5) is 0. The van der Waals surface area contributed by atoms with Crippen molar-refractivity contribution in [3.63, 3.8) is 0 Å². The molecule has 1 aromatic rings. The maximum Gasteiger partial charge on any atom is 0.0991 e. The molecule has 0 radical (unpaired) electrons. The lowest BCUT2D eigenvalue weighted by molar-refractivity contribution is 0.677. The molecule has 0 heterocycles. The molecule has 1 nitrogen and oxygen atoms in total. The lowest BCUT2D eigenvalue weighted by Gasteiger charge is -2.47. The van der Waals surface area contributed by atoms with Gasteiger partial charge in [0, 0.05) is 11.1 Å². The number of benzene rings is 1. The van der Waals surface area contributed by atoms with Crippen molar-refractivity contribution in [1.29, 1.82) is 5.26 Å². The minimum Gasteiger partial charge on any atom is -0.192 e. The Morgan fingerprint density at radius 3 is 1.76 bits per heavy atom. The van der Waals surface area contributed by atoms with Crippen LogP contribution in [0.3, 0.4) is 0 Å². The summed E-state index contributed by atoms with van der Waals surface area (Å²) >= 11 is 0. The van der Waals surface area contributed by atoms with Crippen molar-refractivity contribution >= 4 is 8.07 Å². The summed E-state index contributed by atoms with van der Waals surface area (Å²) < 4.78 is 0. The minimum atomic E-state index is -1.59. The van der Waals surface area contributed by atoms with Crippen LogP contribution in [0.25, 0.3) is 0 Å². The highest BCUT2D eigenvalue weighted by Crippen LogP contribution is 2.50. The maximum absolute atomic E-state index is 8.95. The first kappa shape index (κ1) is 21.5. The zero-order chi connectivity index (χ0) is 19.0. The Labute approximate surface area is 156 Å². The summed E-state index contributed by atoms with van der Waals surface area (Å²) in [5.41, 5.74) is 4.44. The number of nitrogens with zero attached hydrogens (tertiary/aromatic N) is 1. The Hall–Kier alpha value is -1.51. The van der Waals surface area contributed by atoms with Gasteiger partial charge in [-0.25, -0.2) is 0 Å². The second-order valence-electron chi connectivity index (χ2n) is 8.12. The fourth-order valence-corrected chi connectivity index (χ4v) is 12.3. The van der Waals surface area contributed by atoms with Crippen molar-refractivity contribution < 1.29 is 0 Å². The highest BCUT2D eigenvalue weighted by molar-refractivity contribution is 6.85. The SMILES string of the molecule is CCCCC(C#Cc1ccc(C#N)cc1)[Si](C(C)C)(C(C)C)C(C)C. The van der Waals surface area contributed by atoms with Crippen molar-refractivity contribution in [2.24, 2.45) is 0 Å². The first-order valence-corrected chi connectivity index (χ1v) is 12.1. The van der Waals surface area contributed by atoms with Crippen LogP contribution in [-0.2, 0) is 0 Å². The molecule has 1 unspecified atom stereocenters. The van der Waals surface area contributed by atoms with Gasteiger partial charge >= 0.3 is 0 Å². The monoisotopic (exact) mass is 353 g/mol. The van der Waals surface area contributed by atoms with Gasteiger partial charge in [0.1, 0.15) is 0 Å². The molecular formula is C23H35NSi. The largest absolute Gasteiger partial charge is 0.192 e. The van der Waals surface area contributed by atoms with E-state index in [2.05, 4.69) is 66.4 Å². The highest BCUT2D eigenvalue weighted by Gasteiger charge is 2.47. The van der Waals surface area contributed by atoms with Crippen LogP contribution >= 0.6 is 0 Å². The molecule has 0 aliphatic carbocycles. The predicted octanol–water partition coefficient (Wildman–Crippen LogP) is 7.15. The Morgan fingerprint density at radius 1 is 0.880 bits per heavy atom. The van der Waals surface area contributed by atoms with E-state index in [0.29, 0.717) is 11.1 Å². The van der Waals surface area contributed by atoms with Crippen LogP contribution in [0, 0.1) is 23.2 Å². The molecule has 1 rings (SSSR count). The Kier molecular flexibility index (Phi) is 8.47. The van der Waals surface area contributed by atoms with Crippen LogP contribution in [0.5, 0.6) is 0 Å². The summed E-state index contributed by atoms with van der Waals surface area (Å²) in [5, 5.41) is 8.95. The zero-order valence-electron chi connectivity index (χ0n) is 17.2. The van der Waals surface area contributed by atoms with E-state index in [0.717, 1.165) is 22.2 Å². The van der Waals surface area contributed by atoms with Crippen LogP contribution < -0.4 is 0 Å². The molecule has 0 spiro atoms. The molecule has 1 atom stereocenters. The molecule has 0 bridgehead atoms. The van der Waals surface area contributed by atoms with Crippen LogP contribution in [0.15, 0.2) is 24.3 Å². The molecule has 0 saturated heterocycles. The molecule has 0 aromatic heterocycles. The normalized spacial score (nSPS) is 12.8.